The molecule has 0 spiro atoms. The topological polar surface area (TPSA) is 85.4 Å². The highest BCUT2D eigenvalue weighted by molar-refractivity contribution is 6.33. The minimum absolute atomic E-state index is 0.0565. The van der Waals surface area contributed by atoms with E-state index in [9.17, 15) is 14.9 Å². The van der Waals surface area contributed by atoms with Gasteiger partial charge in [0, 0.05) is 12.1 Å². The van der Waals surface area contributed by atoms with Gasteiger partial charge in [-0.25, -0.2) is 0 Å². The third kappa shape index (κ3) is 3.41. The van der Waals surface area contributed by atoms with Crippen LogP contribution in [-0.2, 0) is 0 Å². The van der Waals surface area contributed by atoms with E-state index in [0.717, 1.165) is 11.8 Å². The molecule has 0 saturated carbocycles. The Labute approximate surface area is 125 Å². The monoisotopic (exact) mass is 308 g/mol. The number of furan rings is 1. The maximum Gasteiger partial charge on any atom is 0.270 e. The number of halogens is 1. The SMILES string of the molecule is Cc1ccc(C(C)NC(=O)c2cc([N+](=O)[O-])ccc2Cl)o1. The Hall–Kier alpha value is -2.34. The maximum absolute atomic E-state index is 12.2. The first kappa shape index (κ1) is 15.1. The summed E-state index contributed by atoms with van der Waals surface area (Å²) in [5.41, 5.74) is -0.132. The van der Waals surface area contributed by atoms with Crippen molar-refractivity contribution in [1.82, 2.24) is 5.32 Å². The lowest BCUT2D eigenvalue weighted by Crippen LogP contribution is -2.26. The Balaban J connectivity index is 2.20. The molecule has 1 atom stereocenters. The highest BCUT2D eigenvalue weighted by Crippen LogP contribution is 2.23. The zero-order valence-corrected chi connectivity index (χ0v) is 12.2. The molecule has 0 fully saturated rings. The van der Waals surface area contributed by atoms with Gasteiger partial charge in [-0.15, -0.1) is 0 Å². The van der Waals surface area contributed by atoms with E-state index in [1.54, 1.807) is 26.0 Å². The molecular formula is C14H13ClN2O4. The second kappa shape index (κ2) is 5.97. The Morgan fingerprint density at radius 2 is 2.10 bits per heavy atom. The van der Waals surface area contributed by atoms with Gasteiger partial charge in [0.2, 0.25) is 0 Å². The van der Waals surface area contributed by atoms with Crippen LogP contribution in [0.25, 0.3) is 0 Å². The molecule has 7 heteroatoms. The molecular weight excluding hydrogens is 296 g/mol. The average molecular weight is 309 g/mol. The summed E-state index contributed by atoms with van der Waals surface area (Å²) in [6.07, 6.45) is 0. The van der Waals surface area contributed by atoms with E-state index in [4.69, 9.17) is 16.0 Å². The summed E-state index contributed by atoms with van der Waals surface area (Å²) in [5.74, 6) is 0.840. The Morgan fingerprint density at radius 1 is 1.38 bits per heavy atom. The van der Waals surface area contributed by atoms with Crippen molar-refractivity contribution >= 4 is 23.2 Å². The summed E-state index contributed by atoms with van der Waals surface area (Å²) >= 11 is 5.92. The van der Waals surface area contributed by atoms with E-state index in [1.165, 1.54) is 12.1 Å². The summed E-state index contributed by atoms with van der Waals surface area (Å²) in [4.78, 5) is 22.3. The number of non-ortho nitro benzene ring substituents is 1. The molecule has 0 radical (unpaired) electrons. The molecule has 2 rings (SSSR count). The predicted octanol–water partition coefficient (Wildman–Crippen LogP) is 3.64. The van der Waals surface area contributed by atoms with Crippen LogP contribution in [0.15, 0.2) is 34.7 Å². The van der Waals surface area contributed by atoms with Crippen molar-refractivity contribution in [2.45, 2.75) is 19.9 Å². The van der Waals surface area contributed by atoms with Crippen molar-refractivity contribution in [1.29, 1.82) is 0 Å². The van der Waals surface area contributed by atoms with Crippen LogP contribution in [0.5, 0.6) is 0 Å². The average Bonchev–Trinajstić information content (AvgIpc) is 2.85. The third-order valence-corrected chi connectivity index (χ3v) is 3.27. The third-order valence-electron chi connectivity index (χ3n) is 2.94. The molecule has 1 amide bonds. The maximum atomic E-state index is 12.2. The number of carbonyl (C=O) groups is 1. The Kier molecular flexibility index (Phi) is 4.28. The van der Waals surface area contributed by atoms with Crippen LogP contribution < -0.4 is 5.32 Å². The van der Waals surface area contributed by atoms with Gasteiger partial charge in [0.1, 0.15) is 11.5 Å². The molecule has 1 N–H and O–H groups in total. The van der Waals surface area contributed by atoms with Crippen LogP contribution in [0.3, 0.4) is 0 Å². The van der Waals surface area contributed by atoms with E-state index >= 15 is 0 Å². The lowest BCUT2D eigenvalue weighted by atomic mass is 10.1. The highest BCUT2D eigenvalue weighted by atomic mass is 35.5. The van der Waals surface area contributed by atoms with Crippen LogP contribution >= 0.6 is 11.6 Å². The molecule has 1 aromatic carbocycles. The number of carbonyl (C=O) groups excluding carboxylic acids is 1. The number of benzene rings is 1. The number of hydrogen-bond donors (Lipinski definition) is 1. The number of hydrogen-bond acceptors (Lipinski definition) is 4. The molecule has 110 valence electrons. The van der Waals surface area contributed by atoms with Gasteiger partial charge in [-0.1, -0.05) is 11.6 Å². The van der Waals surface area contributed by atoms with Crippen molar-refractivity contribution in [3.8, 4) is 0 Å². The molecule has 1 aromatic heterocycles. The fourth-order valence-corrected chi connectivity index (χ4v) is 2.04. The minimum atomic E-state index is -0.577. The second-order valence-corrected chi connectivity index (χ2v) is 4.97. The first-order valence-corrected chi connectivity index (χ1v) is 6.57. The summed E-state index contributed by atoms with van der Waals surface area (Å²) in [7, 11) is 0. The fourth-order valence-electron chi connectivity index (χ4n) is 1.83. The minimum Gasteiger partial charge on any atom is -0.464 e. The molecule has 0 aliphatic carbocycles. The molecule has 1 unspecified atom stereocenters. The Morgan fingerprint density at radius 3 is 2.67 bits per heavy atom. The van der Waals surface area contributed by atoms with Crippen molar-refractivity contribution in [2.24, 2.45) is 0 Å². The van der Waals surface area contributed by atoms with Gasteiger partial charge in [-0.3, -0.25) is 14.9 Å². The number of nitro groups is 1. The number of nitro benzene ring substituents is 1. The van der Waals surface area contributed by atoms with Crippen LogP contribution in [-0.4, -0.2) is 10.8 Å². The van der Waals surface area contributed by atoms with Gasteiger partial charge in [0.15, 0.2) is 0 Å². The normalized spacial score (nSPS) is 12.0. The molecule has 6 nitrogen and oxygen atoms in total. The smallest absolute Gasteiger partial charge is 0.270 e. The lowest BCUT2D eigenvalue weighted by molar-refractivity contribution is -0.384. The van der Waals surface area contributed by atoms with Crippen molar-refractivity contribution in [3.05, 3.63) is 62.6 Å². The predicted molar refractivity (Wildman–Crippen MR) is 77.4 cm³/mol. The van der Waals surface area contributed by atoms with E-state index in [0.29, 0.717) is 5.76 Å². The Bertz CT molecular complexity index is 696. The van der Waals surface area contributed by atoms with E-state index in [2.05, 4.69) is 5.32 Å². The first-order valence-electron chi connectivity index (χ1n) is 6.19. The molecule has 0 bridgehead atoms. The lowest BCUT2D eigenvalue weighted by Gasteiger charge is -2.12. The summed E-state index contributed by atoms with van der Waals surface area (Å²) in [6.45, 7) is 3.55. The van der Waals surface area contributed by atoms with Gasteiger partial charge in [0.25, 0.3) is 11.6 Å². The van der Waals surface area contributed by atoms with E-state index in [-0.39, 0.29) is 22.3 Å². The number of rotatable bonds is 4. The first-order chi connectivity index (χ1) is 9.88. The van der Waals surface area contributed by atoms with Crippen LogP contribution in [0.1, 0.15) is 34.8 Å². The van der Waals surface area contributed by atoms with Gasteiger partial charge >= 0.3 is 0 Å². The quantitative estimate of drug-likeness (QED) is 0.690. The summed E-state index contributed by atoms with van der Waals surface area (Å²) in [6, 6.07) is 6.90. The number of aryl methyl sites for hydroxylation is 1. The van der Waals surface area contributed by atoms with Crippen molar-refractivity contribution in [3.63, 3.8) is 0 Å². The standard InChI is InChI=1S/C14H13ClN2O4/c1-8-3-6-13(21-8)9(2)16-14(18)11-7-10(17(19)20)4-5-12(11)15/h3-7,9H,1-2H3,(H,16,18). The number of amides is 1. The molecule has 1 heterocycles. The van der Waals surface area contributed by atoms with E-state index in [1.807, 2.05) is 0 Å². The molecule has 0 aliphatic heterocycles. The highest BCUT2D eigenvalue weighted by Gasteiger charge is 2.19. The molecule has 0 aliphatic rings. The summed E-state index contributed by atoms with van der Waals surface area (Å²) in [5, 5.41) is 13.6. The van der Waals surface area contributed by atoms with Crippen molar-refractivity contribution in [2.75, 3.05) is 0 Å². The van der Waals surface area contributed by atoms with Gasteiger partial charge in [-0.2, -0.15) is 0 Å². The van der Waals surface area contributed by atoms with Gasteiger partial charge < -0.3 is 9.73 Å². The number of nitrogens with one attached hydrogen (secondary N) is 1. The molecule has 21 heavy (non-hydrogen) atoms. The second-order valence-electron chi connectivity index (χ2n) is 4.56. The van der Waals surface area contributed by atoms with Crippen LogP contribution in [0.4, 0.5) is 5.69 Å². The van der Waals surface area contributed by atoms with Gasteiger partial charge in [-0.05, 0) is 32.0 Å². The van der Waals surface area contributed by atoms with E-state index < -0.39 is 10.8 Å². The fraction of sp³-hybridized carbons (Fsp3) is 0.214. The molecule has 0 saturated heterocycles. The van der Waals surface area contributed by atoms with Crippen molar-refractivity contribution < 1.29 is 14.1 Å². The zero-order valence-electron chi connectivity index (χ0n) is 11.4. The largest absolute Gasteiger partial charge is 0.464 e. The summed E-state index contributed by atoms with van der Waals surface area (Å²) < 4.78 is 5.42. The van der Waals surface area contributed by atoms with Gasteiger partial charge in [0.05, 0.1) is 21.6 Å². The van der Waals surface area contributed by atoms with Crippen LogP contribution in [0.2, 0.25) is 5.02 Å². The number of nitrogens with zero attached hydrogens (tertiary/aromatic N) is 1. The zero-order chi connectivity index (χ0) is 15.6. The molecule has 2 aromatic rings. The van der Waals surface area contributed by atoms with Crippen LogP contribution in [0, 0.1) is 17.0 Å².